The van der Waals surface area contributed by atoms with Gasteiger partial charge in [0, 0.05) is 12.4 Å². The van der Waals surface area contributed by atoms with Gasteiger partial charge in [0.25, 0.3) is 0 Å². The maximum Gasteiger partial charge on any atom is 0.211 e. The summed E-state index contributed by atoms with van der Waals surface area (Å²) < 4.78 is 26.7. The van der Waals surface area contributed by atoms with Crippen molar-refractivity contribution >= 4 is 21.6 Å². The molecule has 0 aliphatic heterocycles. The lowest BCUT2D eigenvalue weighted by Crippen LogP contribution is -2.47. The van der Waals surface area contributed by atoms with Crippen molar-refractivity contribution < 1.29 is 8.42 Å². The first-order valence-electron chi connectivity index (χ1n) is 8.54. The van der Waals surface area contributed by atoms with Crippen LogP contribution in [-0.2, 0) is 10.0 Å². The van der Waals surface area contributed by atoms with Gasteiger partial charge in [-0.05, 0) is 81.0 Å². The van der Waals surface area contributed by atoms with Gasteiger partial charge >= 0.3 is 0 Å². The highest BCUT2D eigenvalue weighted by atomic mass is 35.5. The highest BCUT2D eigenvalue weighted by Crippen LogP contribution is 2.61. The number of rotatable bonds is 8. The quantitative estimate of drug-likeness (QED) is 0.545. The second-order valence-electron chi connectivity index (χ2n) is 7.78. The minimum Gasteiger partial charge on any atom is -0.215 e. The van der Waals surface area contributed by atoms with E-state index in [1.165, 1.54) is 38.5 Å². The largest absolute Gasteiger partial charge is 0.215 e. The number of sulfonamides is 1. The molecular formula is C16H28ClNO2S. The van der Waals surface area contributed by atoms with E-state index >= 15 is 0 Å². The molecule has 0 radical (unpaired) electrons. The van der Waals surface area contributed by atoms with Crippen molar-refractivity contribution in [3.05, 3.63) is 0 Å². The molecule has 21 heavy (non-hydrogen) atoms. The summed E-state index contributed by atoms with van der Waals surface area (Å²) >= 11 is 5.60. The van der Waals surface area contributed by atoms with Crippen molar-refractivity contribution in [2.24, 2.45) is 23.2 Å². The molecule has 0 unspecified atom stereocenters. The highest BCUT2D eigenvalue weighted by molar-refractivity contribution is 7.89. The lowest BCUT2D eigenvalue weighted by Gasteiger charge is -2.57. The van der Waals surface area contributed by atoms with Crippen LogP contribution in [0.5, 0.6) is 0 Å². The predicted octanol–water partition coefficient (Wildman–Crippen LogP) is 3.53. The summed E-state index contributed by atoms with van der Waals surface area (Å²) in [5, 5.41) is 0. The number of halogens is 1. The van der Waals surface area contributed by atoms with E-state index < -0.39 is 10.0 Å². The number of alkyl halides is 1. The van der Waals surface area contributed by atoms with E-state index in [4.69, 9.17) is 11.6 Å². The summed E-state index contributed by atoms with van der Waals surface area (Å²) in [5.74, 6) is 3.59. The van der Waals surface area contributed by atoms with Gasteiger partial charge in [-0.15, -0.1) is 11.6 Å². The van der Waals surface area contributed by atoms with Crippen molar-refractivity contribution in [2.75, 3.05) is 18.2 Å². The van der Waals surface area contributed by atoms with E-state index in [0.717, 1.165) is 30.6 Å². The van der Waals surface area contributed by atoms with E-state index in [2.05, 4.69) is 4.72 Å². The molecule has 3 nitrogen and oxygen atoms in total. The maximum atomic E-state index is 11.9. The normalized spacial score (nSPS) is 38.0. The molecule has 122 valence electrons. The van der Waals surface area contributed by atoms with Crippen LogP contribution in [0.4, 0.5) is 0 Å². The first-order chi connectivity index (χ1) is 10.0. The van der Waals surface area contributed by atoms with Crippen molar-refractivity contribution in [3.63, 3.8) is 0 Å². The molecule has 0 atom stereocenters. The Kier molecular flexibility index (Phi) is 4.87. The molecule has 0 aromatic heterocycles. The molecule has 0 spiro atoms. The zero-order chi connectivity index (χ0) is 14.9. The zero-order valence-electron chi connectivity index (χ0n) is 12.8. The summed E-state index contributed by atoms with van der Waals surface area (Å²) in [6.45, 7) is 0.634. The molecule has 4 fully saturated rings. The standard InChI is InChI=1S/C16H28ClNO2S/c17-4-1-2-6-21(19,20)18-5-3-16-10-13-7-14(11-16)9-15(8-13)12-16/h13-15,18H,1-12H2. The van der Waals surface area contributed by atoms with Gasteiger partial charge in [-0.1, -0.05) is 0 Å². The third-order valence-corrected chi connectivity index (χ3v) is 7.68. The van der Waals surface area contributed by atoms with Gasteiger partial charge in [-0.25, -0.2) is 13.1 Å². The maximum absolute atomic E-state index is 11.9. The SMILES string of the molecule is O=S(=O)(CCCCCl)NCCC12CC3CC(CC(C3)C1)C2. The van der Waals surface area contributed by atoms with Crippen LogP contribution in [0.3, 0.4) is 0 Å². The van der Waals surface area contributed by atoms with Gasteiger partial charge in [0.1, 0.15) is 0 Å². The summed E-state index contributed by atoms with van der Waals surface area (Å²) in [6, 6.07) is 0. The van der Waals surface area contributed by atoms with Crippen molar-refractivity contribution in [1.82, 2.24) is 4.72 Å². The fraction of sp³-hybridized carbons (Fsp3) is 1.00. The molecule has 4 aliphatic rings. The van der Waals surface area contributed by atoms with Crippen molar-refractivity contribution in [2.45, 2.75) is 57.8 Å². The van der Waals surface area contributed by atoms with Crippen LogP contribution in [0.1, 0.15) is 57.8 Å². The molecule has 4 bridgehead atoms. The second kappa shape index (κ2) is 6.37. The van der Waals surface area contributed by atoms with Gasteiger partial charge in [0.2, 0.25) is 10.0 Å². The van der Waals surface area contributed by atoms with Gasteiger partial charge in [-0.3, -0.25) is 0 Å². The molecule has 0 aromatic carbocycles. The lowest BCUT2D eigenvalue weighted by atomic mass is 9.49. The lowest BCUT2D eigenvalue weighted by molar-refractivity contribution is -0.0561. The van der Waals surface area contributed by atoms with Gasteiger partial charge in [0.05, 0.1) is 5.75 Å². The Hall–Kier alpha value is 0.200. The molecular weight excluding hydrogens is 306 g/mol. The van der Waals surface area contributed by atoms with Crippen molar-refractivity contribution in [1.29, 1.82) is 0 Å². The number of hydrogen-bond acceptors (Lipinski definition) is 2. The van der Waals surface area contributed by atoms with Crippen LogP contribution in [-0.4, -0.2) is 26.6 Å². The summed E-state index contributed by atoms with van der Waals surface area (Å²) in [6.07, 6.45) is 10.9. The summed E-state index contributed by atoms with van der Waals surface area (Å²) in [5.41, 5.74) is 0.466. The number of hydrogen-bond donors (Lipinski definition) is 1. The molecule has 5 heteroatoms. The van der Waals surface area contributed by atoms with Gasteiger partial charge in [0.15, 0.2) is 0 Å². The van der Waals surface area contributed by atoms with E-state index in [0.29, 0.717) is 24.3 Å². The monoisotopic (exact) mass is 333 g/mol. The smallest absolute Gasteiger partial charge is 0.211 e. The third-order valence-electron chi connectivity index (χ3n) is 5.94. The Morgan fingerprint density at radius 1 is 1.00 bits per heavy atom. The molecule has 0 saturated heterocycles. The summed E-state index contributed by atoms with van der Waals surface area (Å²) in [7, 11) is -3.10. The van der Waals surface area contributed by atoms with Gasteiger partial charge in [-0.2, -0.15) is 0 Å². The van der Waals surface area contributed by atoms with Crippen LogP contribution >= 0.6 is 11.6 Å². The van der Waals surface area contributed by atoms with Gasteiger partial charge < -0.3 is 0 Å². The molecule has 0 amide bonds. The van der Waals surface area contributed by atoms with E-state index in [9.17, 15) is 8.42 Å². The van der Waals surface area contributed by atoms with Crippen molar-refractivity contribution in [3.8, 4) is 0 Å². The first-order valence-corrected chi connectivity index (χ1v) is 10.7. The van der Waals surface area contributed by atoms with Crippen LogP contribution in [0.15, 0.2) is 0 Å². The van der Waals surface area contributed by atoms with Crippen LogP contribution in [0, 0.1) is 23.2 Å². The predicted molar refractivity (Wildman–Crippen MR) is 87.0 cm³/mol. The minimum atomic E-state index is -3.10. The molecule has 4 saturated carbocycles. The Morgan fingerprint density at radius 2 is 1.57 bits per heavy atom. The molecule has 0 aromatic rings. The van der Waals surface area contributed by atoms with E-state index in [-0.39, 0.29) is 5.75 Å². The fourth-order valence-electron chi connectivity index (χ4n) is 5.53. The average Bonchev–Trinajstić information content (AvgIpc) is 2.36. The van der Waals surface area contributed by atoms with E-state index in [1.807, 2.05) is 0 Å². The Morgan fingerprint density at radius 3 is 2.10 bits per heavy atom. The van der Waals surface area contributed by atoms with Crippen LogP contribution < -0.4 is 4.72 Å². The second-order valence-corrected chi connectivity index (χ2v) is 10.1. The van der Waals surface area contributed by atoms with E-state index in [1.54, 1.807) is 0 Å². The molecule has 0 heterocycles. The molecule has 4 rings (SSSR count). The molecule has 4 aliphatic carbocycles. The number of unbranched alkanes of at least 4 members (excludes halogenated alkanes) is 1. The zero-order valence-corrected chi connectivity index (χ0v) is 14.4. The Labute approximate surface area is 134 Å². The minimum absolute atomic E-state index is 0.223. The van der Waals surface area contributed by atoms with Crippen LogP contribution in [0.25, 0.3) is 0 Å². The fourth-order valence-corrected chi connectivity index (χ4v) is 6.86. The Bertz CT molecular complexity index is 428. The Balaban J connectivity index is 1.47. The number of nitrogens with one attached hydrogen (secondary N) is 1. The topological polar surface area (TPSA) is 46.2 Å². The molecule has 1 N–H and O–H groups in total. The first kappa shape index (κ1) is 16.1. The highest BCUT2D eigenvalue weighted by Gasteiger charge is 2.50. The summed E-state index contributed by atoms with van der Waals surface area (Å²) in [4.78, 5) is 0. The van der Waals surface area contributed by atoms with Crippen LogP contribution in [0.2, 0.25) is 0 Å². The average molecular weight is 334 g/mol. The third kappa shape index (κ3) is 3.94.